The largest absolute Gasteiger partial charge is 0.338 e. The predicted molar refractivity (Wildman–Crippen MR) is 101 cm³/mol. The van der Waals surface area contributed by atoms with E-state index in [4.69, 9.17) is 4.98 Å². The van der Waals surface area contributed by atoms with Crippen LogP contribution in [0.15, 0.2) is 47.1 Å². The Morgan fingerprint density at radius 3 is 2.84 bits per heavy atom. The summed E-state index contributed by atoms with van der Waals surface area (Å²) < 4.78 is 3.15. The van der Waals surface area contributed by atoms with Gasteiger partial charge in [0, 0.05) is 41.8 Å². The van der Waals surface area contributed by atoms with Gasteiger partial charge in [0.1, 0.15) is 11.3 Å². The molecule has 0 saturated carbocycles. The molecule has 0 aliphatic carbocycles. The highest BCUT2D eigenvalue weighted by Gasteiger charge is 2.31. The van der Waals surface area contributed by atoms with Gasteiger partial charge in [-0.3, -0.25) is 4.79 Å². The third-order valence-corrected chi connectivity index (χ3v) is 5.31. The van der Waals surface area contributed by atoms with Gasteiger partial charge in [0.2, 0.25) is 0 Å². The first-order valence-corrected chi connectivity index (χ1v) is 9.32. The van der Waals surface area contributed by atoms with Gasteiger partial charge in [0.05, 0.1) is 0 Å². The summed E-state index contributed by atoms with van der Waals surface area (Å²) in [5.74, 6) is 1.39. The van der Waals surface area contributed by atoms with Gasteiger partial charge >= 0.3 is 0 Å². The maximum absolute atomic E-state index is 12.7. The zero-order valence-corrected chi connectivity index (χ0v) is 15.6. The fourth-order valence-electron chi connectivity index (χ4n) is 3.53. The van der Waals surface area contributed by atoms with E-state index in [1.807, 2.05) is 41.3 Å². The van der Waals surface area contributed by atoms with Crippen LogP contribution in [0.2, 0.25) is 0 Å². The third-order valence-electron chi connectivity index (χ3n) is 4.78. The Morgan fingerprint density at radius 1 is 1.28 bits per heavy atom. The lowest BCUT2D eigenvalue weighted by Gasteiger charge is -2.17. The van der Waals surface area contributed by atoms with Gasteiger partial charge in [-0.2, -0.15) is 0 Å². The number of pyridine rings is 1. The zero-order valence-electron chi connectivity index (χ0n) is 14.0. The van der Waals surface area contributed by atoms with Gasteiger partial charge in [0.25, 0.3) is 5.91 Å². The summed E-state index contributed by atoms with van der Waals surface area (Å²) in [6, 6.07) is 11.5. The Bertz CT molecular complexity index is 919. The van der Waals surface area contributed by atoms with E-state index in [2.05, 4.69) is 32.4 Å². The van der Waals surface area contributed by atoms with Crippen LogP contribution in [-0.4, -0.2) is 38.4 Å². The summed E-state index contributed by atoms with van der Waals surface area (Å²) in [6.07, 6.45) is 2.74. The van der Waals surface area contributed by atoms with E-state index in [0.717, 1.165) is 46.5 Å². The van der Waals surface area contributed by atoms with Crippen molar-refractivity contribution in [2.45, 2.75) is 25.8 Å². The molecule has 0 bridgehead atoms. The molecule has 1 aromatic carbocycles. The number of imidazole rings is 1. The Kier molecular flexibility index (Phi) is 4.29. The van der Waals surface area contributed by atoms with Crippen LogP contribution in [0.1, 0.15) is 35.4 Å². The summed E-state index contributed by atoms with van der Waals surface area (Å²) in [5, 5.41) is 0. The lowest BCUT2D eigenvalue weighted by Crippen LogP contribution is -2.28. The molecule has 1 unspecified atom stereocenters. The number of hydrogen-bond acceptors (Lipinski definition) is 3. The van der Waals surface area contributed by atoms with Crippen LogP contribution in [0.25, 0.3) is 11.2 Å². The highest BCUT2D eigenvalue weighted by Crippen LogP contribution is 2.30. The first kappa shape index (κ1) is 16.3. The highest BCUT2D eigenvalue weighted by atomic mass is 79.9. The molecule has 4 rings (SSSR count). The zero-order chi connectivity index (χ0) is 17.4. The quantitative estimate of drug-likeness (QED) is 0.673. The normalized spacial score (nSPS) is 17.4. The van der Waals surface area contributed by atoms with Crippen molar-refractivity contribution in [3.63, 3.8) is 0 Å². The minimum Gasteiger partial charge on any atom is -0.338 e. The molecule has 1 atom stereocenters. The minimum absolute atomic E-state index is 0.0901. The number of carbonyl (C=O) groups excluding carboxylic acids is 1. The van der Waals surface area contributed by atoms with Crippen LogP contribution in [0.3, 0.4) is 0 Å². The molecule has 3 aromatic rings. The Labute approximate surface area is 154 Å². The fourth-order valence-corrected chi connectivity index (χ4v) is 3.79. The second-order valence-corrected chi connectivity index (χ2v) is 7.22. The van der Waals surface area contributed by atoms with E-state index >= 15 is 0 Å². The van der Waals surface area contributed by atoms with Crippen LogP contribution in [0.5, 0.6) is 0 Å². The number of aromatic nitrogens is 3. The van der Waals surface area contributed by atoms with E-state index in [1.54, 1.807) is 6.20 Å². The van der Waals surface area contributed by atoms with Crippen molar-refractivity contribution < 1.29 is 4.79 Å². The number of likely N-dealkylation sites (tertiary alicyclic amines) is 1. The monoisotopic (exact) mass is 398 g/mol. The Morgan fingerprint density at radius 2 is 2.08 bits per heavy atom. The van der Waals surface area contributed by atoms with Crippen LogP contribution in [-0.2, 0) is 6.54 Å². The summed E-state index contributed by atoms with van der Waals surface area (Å²) in [5.41, 5.74) is 2.59. The summed E-state index contributed by atoms with van der Waals surface area (Å²) in [4.78, 5) is 23.9. The molecule has 1 amide bonds. The summed E-state index contributed by atoms with van der Waals surface area (Å²) >= 11 is 3.41. The SMILES string of the molecule is CCn1c(C2CCN(C(=O)c3ccc(Br)cc3)C2)nc2cccnc21. The van der Waals surface area contributed by atoms with Crippen LogP contribution >= 0.6 is 15.9 Å². The van der Waals surface area contributed by atoms with Crippen molar-refractivity contribution in [2.24, 2.45) is 0 Å². The van der Waals surface area contributed by atoms with Gasteiger partial charge in [-0.1, -0.05) is 15.9 Å². The molecule has 1 saturated heterocycles. The number of nitrogens with zero attached hydrogens (tertiary/aromatic N) is 4. The smallest absolute Gasteiger partial charge is 0.253 e. The molecule has 0 N–H and O–H groups in total. The summed E-state index contributed by atoms with van der Waals surface area (Å²) in [6.45, 7) is 4.41. The van der Waals surface area contributed by atoms with Crippen molar-refractivity contribution in [1.29, 1.82) is 0 Å². The molecule has 1 fully saturated rings. The topological polar surface area (TPSA) is 51.0 Å². The molecule has 6 heteroatoms. The molecular formula is C19H19BrN4O. The predicted octanol–water partition coefficient (Wildman–Crippen LogP) is 3.84. The van der Waals surface area contributed by atoms with E-state index < -0.39 is 0 Å². The Balaban J connectivity index is 1.58. The van der Waals surface area contributed by atoms with Gasteiger partial charge in [-0.25, -0.2) is 9.97 Å². The second-order valence-electron chi connectivity index (χ2n) is 6.30. The Hall–Kier alpha value is -2.21. The van der Waals surface area contributed by atoms with E-state index in [1.165, 1.54) is 0 Å². The van der Waals surface area contributed by atoms with Gasteiger partial charge in [-0.15, -0.1) is 0 Å². The van der Waals surface area contributed by atoms with Crippen molar-refractivity contribution >= 4 is 33.0 Å². The first-order chi connectivity index (χ1) is 12.2. The van der Waals surface area contributed by atoms with Crippen LogP contribution in [0, 0.1) is 0 Å². The highest BCUT2D eigenvalue weighted by molar-refractivity contribution is 9.10. The van der Waals surface area contributed by atoms with E-state index in [9.17, 15) is 4.79 Å². The first-order valence-electron chi connectivity index (χ1n) is 8.53. The molecule has 3 heterocycles. The van der Waals surface area contributed by atoms with Crippen LogP contribution in [0.4, 0.5) is 0 Å². The average Bonchev–Trinajstić information content (AvgIpc) is 3.26. The standard InChI is InChI=1S/C19H19BrN4O/c1-2-24-17(22-16-4-3-10-21-18(16)24)14-9-11-23(12-14)19(25)13-5-7-15(20)8-6-13/h3-8,10,14H,2,9,11-12H2,1H3. The molecule has 25 heavy (non-hydrogen) atoms. The van der Waals surface area contributed by atoms with Gasteiger partial charge in [-0.05, 0) is 49.7 Å². The number of hydrogen-bond donors (Lipinski definition) is 0. The number of aryl methyl sites for hydroxylation is 1. The lowest BCUT2D eigenvalue weighted by atomic mass is 10.1. The molecule has 128 valence electrons. The van der Waals surface area contributed by atoms with Crippen molar-refractivity contribution in [3.8, 4) is 0 Å². The van der Waals surface area contributed by atoms with Crippen molar-refractivity contribution in [2.75, 3.05) is 13.1 Å². The number of benzene rings is 1. The maximum Gasteiger partial charge on any atom is 0.253 e. The molecule has 2 aromatic heterocycles. The second kappa shape index (κ2) is 6.59. The molecular weight excluding hydrogens is 380 g/mol. The lowest BCUT2D eigenvalue weighted by molar-refractivity contribution is 0.0790. The van der Waals surface area contributed by atoms with Crippen molar-refractivity contribution in [1.82, 2.24) is 19.4 Å². The van der Waals surface area contributed by atoms with Crippen molar-refractivity contribution in [3.05, 3.63) is 58.5 Å². The fraction of sp³-hybridized carbons (Fsp3) is 0.316. The summed E-state index contributed by atoms with van der Waals surface area (Å²) in [7, 11) is 0. The number of halogens is 1. The number of rotatable bonds is 3. The van der Waals surface area contributed by atoms with Gasteiger partial charge < -0.3 is 9.47 Å². The number of amides is 1. The number of fused-ring (bicyclic) bond motifs is 1. The van der Waals surface area contributed by atoms with Gasteiger partial charge in [0.15, 0.2) is 5.65 Å². The minimum atomic E-state index is 0.0901. The third kappa shape index (κ3) is 2.95. The maximum atomic E-state index is 12.7. The molecule has 5 nitrogen and oxygen atoms in total. The number of carbonyl (C=O) groups is 1. The van der Waals surface area contributed by atoms with Crippen LogP contribution < -0.4 is 0 Å². The average molecular weight is 399 g/mol. The van der Waals surface area contributed by atoms with E-state index in [0.29, 0.717) is 6.54 Å². The van der Waals surface area contributed by atoms with E-state index in [-0.39, 0.29) is 11.8 Å². The molecule has 0 spiro atoms. The molecule has 1 aliphatic heterocycles. The molecule has 1 aliphatic rings. The molecule has 0 radical (unpaired) electrons.